The standard InChI is InChI=1S/C25H24N2O5/c1-17-6-4-5-7-20(17)16-32-23-12-8-19(15-24(23)31-3)9-13-25(28)26-22-11-10-21(27(29)30)14-18(22)2/h4-15H,16H2,1-3H3,(H,26,28)/b13-9+. The average molecular weight is 432 g/mol. The molecular formula is C25H24N2O5. The van der Waals surface area contributed by atoms with E-state index in [0.717, 1.165) is 16.7 Å². The van der Waals surface area contributed by atoms with Crippen LogP contribution < -0.4 is 14.8 Å². The van der Waals surface area contributed by atoms with Crippen LogP contribution in [0, 0.1) is 24.0 Å². The maximum absolute atomic E-state index is 12.3. The smallest absolute Gasteiger partial charge is 0.269 e. The van der Waals surface area contributed by atoms with Crippen molar-refractivity contribution in [1.29, 1.82) is 0 Å². The maximum Gasteiger partial charge on any atom is 0.269 e. The number of anilines is 1. The van der Waals surface area contributed by atoms with E-state index in [1.165, 1.54) is 24.3 Å². The number of ether oxygens (including phenoxy) is 2. The van der Waals surface area contributed by atoms with Gasteiger partial charge in [0.25, 0.3) is 5.69 Å². The molecule has 3 aromatic rings. The van der Waals surface area contributed by atoms with E-state index >= 15 is 0 Å². The number of rotatable bonds is 8. The lowest BCUT2D eigenvalue weighted by atomic mass is 10.1. The fraction of sp³-hybridized carbons (Fsp3) is 0.160. The van der Waals surface area contributed by atoms with E-state index in [0.29, 0.717) is 29.4 Å². The highest BCUT2D eigenvalue weighted by Gasteiger charge is 2.10. The van der Waals surface area contributed by atoms with Gasteiger partial charge in [0.1, 0.15) is 6.61 Å². The van der Waals surface area contributed by atoms with Crippen LogP contribution >= 0.6 is 0 Å². The molecule has 32 heavy (non-hydrogen) atoms. The second-order valence-corrected chi connectivity index (χ2v) is 7.20. The minimum Gasteiger partial charge on any atom is -0.493 e. The molecule has 0 heterocycles. The summed E-state index contributed by atoms with van der Waals surface area (Å²) in [6.45, 7) is 4.16. The molecule has 0 spiro atoms. The number of non-ortho nitro benzene ring substituents is 1. The van der Waals surface area contributed by atoms with Crippen molar-refractivity contribution in [3.63, 3.8) is 0 Å². The van der Waals surface area contributed by atoms with E-state index in [1.807, 2.05) is 37.3 Å². The van der Waals surface area contributed by atoms with Gasteiger partial charge in [0, 0.05) is 23.9 Å². The lowest BCUT2D eigenvalue weighted by Crippen LogP contribution is -2.09. The number of carbonyl (C=O) groups excluding carboxylic acids is 1. The van der Waals surface area contributed by atoms with Crippen molar-refractivity contribution in [2.75, 3.05) is 12.4 Å². The third kappa shape index (κ3) is 5.72. The number of benzene rings is 3. The predicted molar refractivity (Wildman–Crippen MR) is 124 cm³/mol. The molecule has 1 amide bonds. The zero-order chi connectivity index (χ0) is 23.1. The first kappa shape index (κ1) is 22.6. The van der Waals surface area contributed by atoms with Gasteiger partial charge < -0.3 is 14.8 Å². The van der Waals surface area contributed by atoms with Crippen LogP contribution in [-0.2, 0) is 11.4 Å². The quantitative estimate of drug-likeness (QED) is 0.290. The summed E-state index contributed by atoms with van der Waals surface area (Å²) in [7, 11) is 1.56. The zero-order valence-electron chi connectivity index (χ0n) is 18.1. The lowest BCUT2D eigenvalue weighted by Gasteiger charge is -2.12. The number of nitro benzene ring substituents is 1. The zero-order valence-corrected chi connectivity index (χ0v) is 18.1. The second kappa shape index (κ2) is 10.3. The summed E-state index contributed by atoms with van der Waals surface area (Å²) in [6, 6.07) is 17.7. The van der Waals surface area contributed by atoms with E-state index in [9.17, 15) is 14.9 Å². The number of carbonyl (C=O) groups is 1. The highest BCUT2D eigenvalue weighted by molar-refractivity contribution is 6.02. The molecule has 0 fully saturated rings. The molecule has 0 radical (unpaired) electrons. The van der Waals surface area contributed by atoms with Crippen LogP contribution in [0.1, 0.15) is 22.3 Å². The molecule has 3 aromatic carbocycles. The Morgan fingerprint density at radius 2 is 1.81 bits per heavy atom. The molecule has 0 aliphatic carbocycles. The highest BCUT2D eigenvalue weighted by atomic mass is 16.6. The van der Waals surface area contributed by atoms with Gasteiger partial charge in [-0.05, 0) is 60.4 Å². The van der Waals surface area contributed by atoms with Crippen LogP contribution in [0.3, 0.4) is 0 Å². The van der Waals surface area contributed by atoms with Gasteiger partial charge in [0.05, 0.1) is 12.0 Å². The number of aryl methyl sites for hydroxylation is 2. The van der Waals surface area contributed by atoms with Crippen LogP contribution in [0.4, 0.5) is 11.4 Å². The van der Waals surface area contributed by atoms with Crippen molar-refractivity contribution in [2.45, 2.75) is 20.5 Å². The minimum atomic E-state index is -0.472. The van der Waals surface area contributed by atoms with E-state index in [1.54, 1.807) is 32.2 Å². The Hall–Kier alpha value is -4.13. The largest absolute Gasteiger partial charge is 0.493 e. The van der Waals surface area contributed by atoms with Crippen LogP contribution in [0.25, 0.3) is 6.08 Å². The molecule has 3 rings (SSSR count). The molecule has 0 atom stereocenters. The molecule has 1 N–H and O–H groups in total. The Labute approximate surface area is 186 Å². The van der Waals surface area contributed by atoms with E-state index in [2.05, 4.69) is 5.32 Å². The van der Waals surface area contributed by atoms with Crippen molar-refractivity contribution >= 4 is 23.4 Å². The van der Waals surface area contributed by atoms with Gasteiger partial charge in [-0.3, -0.25) is 14.9 Å². The molecule has 0 unspecified atom stereocenters. The molecule has 0 saturated heterocycles. The number of nitro groups is 1. The van der Waals surface area contributed by atoms with Crippen molar-refractivity contribution in [3.8, 4) is 11.5 Å². The van der Waals surface area contributed by atoms with Crippen LogP contribution in [0.15, 0.2) is 66.7 Å². The molecular weight excluding hydrogens is 408 g/mol. The number of hydrogen-bond donors (Lipinski definition) is 1. The predicted octanol–water partition coefficient (Wildman–Crippen LogP) is 5.45. The second-order valence-electron chi connectivity index (χ2n) is 7.20. The Morgan fingerprint density at radius 3 is 2.50 bits per heavy atom. The summed E-state index contributed by atoms with van der Waals surface area (Å²) in [5.41, 5.74) is 4.12. The monoisotopic (exact) mass is 432 g/mol. The fourth-order valence-corrected chi connectivity index (χ4v) is 3.08. The summed E-state index contributed by atoms with van der Waals surface area (Å²) in [5, 5.41) is 13.6. The molecule has 0 bridgehead atoms. The average Bonchev–Trinajstić information content (AvgIpc) is 2.78. The third-order valence-corrected chi connectivity index (χ3v) is 4.94. The summed E-state index contributed by atoms with van der Waals surface area (Å²) >= 11 is 0. The van der Waals surface area contributed by atoms with Gasteiger partial charge in [0.2, 0.25) is 5.91 Å². The Kier molecular flexibility index (Phi) is 7.23. The number of nitrogens with zero attached hydrogens (tertiary/aromatic N) is 1. The molecule has 0 aliphatic heterocycles. The first-order chi connectivity index (χ1) is 15.4. The van der Waals surface area contributed by atoms with Gasteiger partial charge in [-0.1, -0.05) is 30.3 Å². The van der Waals surface area contributed by atoms with Crippen LogP contribution in [-0.4, -0.2) is 17.9 Å². The number of hydrogen-bond acceptors (Lipinski definition) is 5. The van der Waals surface area contributed by atoms with Gasteiger partial charge >= 0.3 is 0 Å². The first-order valence-electron chi connectivity index (χ1n) is 9.97. The Balaban J connectivity index is 1.66. The summed E-state index contributed by atoms with van der Waals surface area (Å²) < 4.78 is 11.4. The van der Waals surface area contributed by atoms with Crippen LogP contribution in [0.5, 0.6) is 11.5 Å². The van der Waals surface area contributed by atoms with Gasteiger partial charge in [-0.25, -0.2) is 0 Å². The Morgan fingerprint density at radius 1 is 1.03 bits per heavy atom. The SMILES string of the molecule is COc1cc(/C=C/C(=O)Nc2ccc([N+](=O)[O-])cc2C)ccc1OCc1ccccc1C. The fourth-order valence-electron chi connectivity index (χ4n) is 3.08. The summed E-state index contributed by atoms with van der Waals surface area (Å²) in [5.74, 6) is 0.826. The van der Waals surface area contributed by atoms with Crippen molar-refractivity contribution in [1.82, 2.24) is 0 Å². The molecule has 0 aliphatic rings. The van der Waals surface area contributed by atoms with Crippen molar-refractivity contribution < 1.29 is 19.2 Å². The van der Waals surface area contributed by atoms with Crippen molar-refractivity contribution in [3.05, 3.63) is 99.1 Å². The molecule has 7 nitrogen and oxygen atoms in total. The molecule has 7 heteroatoms. The van der Waals surface area contributed by atoms with Crippen LogP contribution in [0.2, 0.25) is 0 Å². The summed E-state index contributed by atoms with van der Waals surface area (Å²) in [6.07, 6.45) is 3.05. The first-order valence-corrected chi connectivity index (χ1v) is 9.97. The molecule has 0 saturated carbocycles. The van der Waals surface area contributed by atoms with Crippen molar-refractivity contribution in [2.24, 2.45) is 0 Å². The van der Waals surface area contributed by atoms with Gasteiger partial charge in [-0.15, -0.1) is 0 Å². The maximum atomic E-state index is 12.3. The number of amides is 1. The van der Waals surface area contributed by atoms with Gasteiger partial charge in [0.15, 0.2) is 11.5 Å². The van der Waals surface area contributed by atoms with E-state index < -0.39 is 4.92 Å². The Bertz CT molecular complexity index is 1170. The number of nitrogens with one attached hydrogen (secondary N) is 1. The molecule has 164 valence electrons. The third-order valence-electron chi connectivity index (χ3n) is 4.94. The highest BCUT2D eigenvalue weighted by Crippen LogP contribution is 2.29. The minimum absolute atomic E-state index is 0.0205. The topological polar surface area (TPSA) is 90.7 Å². The van der Waals surface area contributed by atoms with E-state index in [-0.39, 0.29) is 11.6 Å². The summed E-state index contributed by atoms with van der Waals surface area (Å²) in [4.78, 5) is 22.6. The molecule has 0 aromatic heterocycles. The van der Waals surface area contributed by atoms with Gasteiger partial charge in [-0.2, -0.15) is 0 Å². The number of methoxy groups -OCH3 is 1. The lowest BCUT2D eigenvalue weighted by molar-refractivity contribution is -0.384. The normalized spacial score (nSPS) is 10.7. The van der Waals surface area contributed by atoms with E-state index in [4.69, 9.17) is 9.47 Å².